The zero-order valence-corrected chi connectivity index (χ0v) is 32.1. The van der Waals surface area contributed by atoms with Crippen molar-refractivity contribution in [1.29, 1.82) is 0 Å². The van der Waals surface area contributed by atoms with Gasteiger partial charge in [0.15, 0.2) is 0 Å². The first-order chi connectivity index (χ1) is 28.2. The Morgan fingerprint density at radius 1 is 0.474 bits per heavy atom. The standard InChI is InChI=1S/C56H43N/c1-3-19-41(20-4-2)42-33-36-48(37-34-42)57(55-32-17-15-29-50(55)43-21-8-5-9-22-43)49-28-18-23-44(39-49)45-35-38-54-52(40-45)51-30-14-16-31-53(51)56(54,46-24-10-6-11-25-46)47-26-12-7-13-27-47/h3-40H,1H2,2H3/b20-4-,41-19+. The summed E-state index contributed by atoms with van der Waals surface area (Å²) in [7, 11) is 0. The van der Waals surface area contributed by atoms with E-state index in [2.05, 4.69) is 236 Å². The van der Waals surface area contributed by atoms with Crippen LogP contribution in [0.5, 0.6) is 0 Å². The minimum atomic E-state index is -0.424. The number of hydrogen-bond acceptors (Lipinski definition) is 1. The molecule has 0 aromatic heterocycles. The normalized spacial score (nSPS) is 12.9. The van der Waals surface area contributed by atoms with Crippen molar-refractivity contribution >= 4 is 22.6 Å². The quantitative estimate of drug-likeness (QED) is 0.127. The van der Waals surface area contributed by atoms with Crippen molar-refractivity contribution < 1.29 is 0 Å². The van der Waals surface area contributed by atoms with Gasteiger partial charge >= 0.3 is 0 Å². The van der Waals surface area contributed by atoms with E-state index in [-0.39, 0.29) is 0 Å². The van der Waals surface area contributed by atoms with Gasteiger partial charge in [0.05, 0.1) is 11.1 Å². The Hall–Kier alpha value is -7.22. The largest absolute Gasteiger partial charge is 0.310 e. The van der Waals surface area contributed by atoms with Crippen LogP contribution >= 0.6 is 0 Å². The second-order valence-electron chi connectivity index (χ2n) is 14.5. The Balaban J connectivity index is 1.20. The van der Waals surface area contributed by atoms with Gasteiger partial charge in [0.1, 0.15) is 0 Å². The average molecular weight is 730 g/mol. The average Bonchev–Trinajstić information content (AvgIpc) is 3.58. The van der Waals surface area contributed by atoms with Crippen LogP contribution in [0, 0.1) is 0 Å². The molecule has 8 aromatic rings. The number of fused-ring (bicyclic) bond motifs is 3. The zero-order valence-electron chi connectivity index (χ0n) is 32.1. The van der Waals surface area contributed by atoms with E-state index in [9.17, 15) is 0 Å². The smallest absolute Gasteiger partial charge is 0.0713 e. The molecule has 0 fully saturated rings. The van der Waals surface area contributed by atoms with Crippen LogP contribution in [0.15, 0.2) is 237 Å². The first-order valence-corrected chi connectivity index (χ1v) is 19.7. The maximum atomic E-state index is 3.95. The summed E-state index contributed by atoms with van der Waals surface area (Å²) in [6.07, 6.45) is 8.09. The molecule has 0 spiro atoms. The van der Waals surface area contributed by atoms with Crippen molar-refractivity contribution in [3.05, 3.63) is 265 Å². The maximum Gasteiger partial charge on any atom is 0.0713 e. The molecular formula is C56H43N. The predicted molar refractivity (Wildman–Crippen MR) is 242 cm³/mol. The van der Waals surface area contributed by atoms with Gasteiger partial charge in [-0.1, -0.05) is 201 Å². The van der Waals surface area contributed by atoms with Gasteiger partial charge in [-0.2, -0.15) is 0 Å². The fourth-order valence-corrected chi connectivity index (χ4v) is 8.77. The molecule has 1 aliphatic rings. The van der Waals surface area contributed by atoms with Gasteiger partial charge in [0, 0.05) is 16.9 Å². The molecule has 1 heteroatoms. The summed E-state index contributed by atoms with van der Waals surface area (Å²) in [5.74, 6) is 0. The van der Waals surface area contributed by atoms with Crippen LogP contribution in [0.2, 0.25) is 0 Å². The summed E-state index contributed by atoms with van der Waals surface area (Å²) in [6, 6.07) is 75.3. The second kappa shape index (κ2) is 15.5. The first kappa shape index (κ1) is 35.5. The summed E-state index contributed by atoms with van der Waals surface area (Å²) in [5, 5.41) is 0. The van der Waals surface area contributed by atoms with Crippen LogP contribution in [0.3, 0.4) is 0 Å². The van der Waals surface area contributed by atoms with Crippen LogP contribution in [-0.4, -0.2) is 0 Å². The molecule has 0 radical (unpaired) electrons. The second-order valence-corrected chi connectivity index (χ2v) is 14.5. The van der Waals surface area contributed by atoms with E-state index in [1.807, 2.05) is 13.0 Å². The number of allylic oxidation sites excluding steroid dienone is 5. The van der Waals surface area contributed by atoms with Crippen LogP contribution in [0.4, 0.5) is 17.1 Å². The third kappa shape index (κ3) is 6.34. The van der Waals surface area contributed by atoms with Crippen molar-refractivity contribution in [3.8, 4) is 33.4 Å². The Morgan fingerprint density at radius 2 is 1.05 bits per heavy atom. The molecular weight excluding hydrogens is 687 g/mol. The van der Waals surface area contributed by atoms with Crippen LogP contribution < -0.4 is 4.90 Å². The van der Waals surface area contributed by atoms with Crippen molar-refractivity contribution in [2.24, 2.45) is 0 Å². The van der Waals surface area contributed by atoms with Gasteiger partial charge in [-0.3, -0.25) is 0 Å². The fourth-order valence-electron chi connectivity index (χ4n) is 8.77. The third-order valence-corrected chi connectivity index (χ3v) is 11.2. The molecule has 57 heavy (non-hydrogen) atoms. The van der Waals surface area contributed by atoms with E-state index in [1.54, 1.807) is 0 Å². The van der Waals surface area contributed by atoms with E-state index in [4.69, 9.17) is 0 Å². The lowest BCUT2D eigenvalue weighted by Gasteiger charge is -2.33. The van der Waals surface area contributed by atoms with Crippen molar-refractivity contribution in [2.75, 3.05) is 4.90 Å². The molecule has 0 aliphatic heterocycles. The highest BCUT2D eigenvalue weighted by Gasteiger charge is 2.45. The molecule has 0 amide bonds. The molecule has 0 saturated carbocycles. The molecule has 0 bridgehead atoms. The summed E-state index contributed by atoms with van der Waals surface area (Å²) in [5.41, 5.74) is 17.5. The van der Waals surface area contributed by atoms with E-state index < -0.39 is 5.41 Å². The summed E-state index contributed by atoms with van der Waals surface area (Å²) >= 11 is 0. The highest BCUT2D eigenvalue weighted by Crippen LogP contribution is 2.56. The predicted octanol–water partition coefficient (Wildman–Crippen LogP) is 15.0. The molecule has 0 heterocycles. The Kier molecular flexibility index (Phi) is 9.64. The minimum absolute atomic E-state index is 0.424. The van der Waals surface area contributed by atoms with Crippen molar-refractivity contribution in [3.63, 3.8) is 0 Å². The minimum Gasteiger partial charge on any atom is -0.310 e. The van der Waals surface area contributed by atoms with Gasteiger partial charge in [0.25, 0.3) is 0 Å². The molecule has 0 N–H and O–H groups in total. The Morgan fingerprint density at radius 3 is 1.74 bits per heavy atom. The summed E-state index contributed by atoms with van der Waals surface area (Å²) < 4.78 is 0. The number of anilines is 3. The van der Waals surface area contributed by atoms with Gasteiger partial charge < -0.3 is 4.90 Å². The van der Waals surface area contributed by atoms with Gasteiger partial charge in [-0.25, -0.2) is 0 Å². The van der Waals surface area contributed by atoms with E-state index in [0.717, 1.165) is 33.8 Å². The number of benzene rings is 8. The molecule has 9 rings (SSSR count). The van der Waals surface area contributed by atoms with E-state index in [0.29, 0.717) is 0 Å². The maximum absolute atomic E-state index is 3.95. The molecule has 1 nitrogen and oxygen atoms in total. The Labute approximate surface area is 336 Å². The molecule has 0 unspecified atom stereocenters. The highest BCUT2D eigenvalue weighted by atomic mass is 15.1. The number of rotatable bonds is 10. The molecule has 0 saturated heterocycles. The zero-order chi connectivity index (χ0) is 38.6. The van der Waals surface area contributed by atoms with Crippen LogP contribution in [0.25, 0.3) is 39.0 Å². The first-order valence-electron chi connectivity index (χ1n) is 19.7. The van der Waals surface area contributed by atoms with Crippen molar-refractivity contribution in [1.82, 2.24) is 0 Å². The molecule has 272 valence electrons. The fraction of sp³-hybridized carbons (Fsp3) is 0.0357. The Bertz CT molecular complexity index is 2700. The number of nitrogens with zero attached hydrogens (tertiary/aromatic N) is 1. The summed E-state index contributed by atoms with van der Waals surface area (Å²) in [4.78, 5) is 2.39. The van der Waals surface area contributed by atoms with Gasteiger partial charge in [0.2, 0.25) is 0 Å². The lowest BCUT2D eigenvalue weighted by molar-refractivity contribution is 0.768. The molecule has 1 aliphatic carbocycles. The SMILES string of the molecule is C=C/C=C(\C=C/C)c1ccc(N(c2cccc(-c3ccc4c(c3)-c3ccccc3C4(c3ccccc3)c3ccccc3)c2)c2ccccc2-c2ccccc2)cc1. The van der Waals surface area contributed by atoms with Crippen LogP contribution in [-0.2, 0) is 5.41 Å². The molecule has 0 atom stereocenters. The third-order valence-electron chi connectivity index (χ3n) is 11.2. The van der Waals surface area contributed by atoms with E-state index >= 15 is 0 Å². The lowest BCUT2D eigenvalue weighted by atomic mass is 9.67. The van der Waals surface area contributed by atoms with E-state index in [1.165, 1.54) is 50.1 Å². The monoisotopic (exact) mass is 729 g/mol. The molecule has 8 aromatic carbocycles. The lowest BCUT2D eigenvalue weighted by Crippen LogP contribution is -2.28. The number of hydrogen-bond donors (Lipinski definition) is 0. The highest BCUT2D eigenvalue weighted by molar-refractivity contribution is 5.92. The van der Waals surface area contributed by atoms with Crippen LogP contribution in [0.1, 0.15) is 34.7 Å². The topological polar surface area (TPSA) is 3.24 Å². The van der Waals surface area contributed by atoms with Crippen molar-refractivity contribution in [2.45, 2.75) is 12.3 Å². The van der Waals surface area contributed by atoms with Gasteiger partial charge in [-0.05, 0) is 105 Å². The van der Waals surface area contributed by atoms with Gasteiger partial charge in [-0.15, -0.1) is 0 Å². The summed E-state index contributed by atoms with van der Waals surface area (Å²) in [6.45, 7) is 6.00. The number of para-hydroxylation sites is 1.